The van der Waals surface area contributed by atoms with Crippen molar-refractivity contribution >= 4 is 11.8 Å². The zero-order valence-corrected chi connectivity index (χ0v) is 20.6. The van der Waals surface area contributed by atoms with Crippen LogP contribution in [0, 0.1) is 5.41 Å². The molecule has 12 nitrogen and oxygen atoms in total. The lowest BCUT2D eigenvalue weighted by Crippen LogP contribution is -2.18. The van der Waals surface area contributed by atoms with Crippen molar-refractivity contribution < 1.29 is 23.8 Å². The molecule has 198 valence electrons. The number of nitrogens with two attached hydrogens (primary N) is 1. The minimum absolute atomic E-state index is 0.0326. The molecular weight excluding hydrogens is 497 g/mol. The molecule has 0 saturated heterocycles. The molecule has 13 heteroatoms. The van der Waals surface area contributed by atoms with Gasteiger partial charge in [0.25, 0.3) is 11.9 Å². The third kappa shape index (κ3) is 7.22. The molecule has 0 amide bonds. The number of nitrogens with one attached hydrogen (secondary N) is 2. The van der Waals surface area contributed by atoms with E-state index in [0.29, 0.717) is 29.1 Å². The number of nitrogen functional groups attached to an aromatic ring is 1. The third-order valence-electron chi connectivity index (χ3n) is 5.17. The number of halogens is 1. The van der Waals surface area contributed by atoms with Gasteiger partial charge in [-0.2, -0.15) is 0 Å². The van der Waals surface area contributed by atoms with E-state index in [2.05, 4.69) is 20.1 Å². The number of hydrogen-bond acceptors (Lipinski definition) is 8. The highest BCUT2D eigenvalue weighted by atomic mass is 19.1. The topological polar surface area (TPSA) is 182 Å². The van der Waals surface area contributed by atoms with Gasteiger partial charge in [0.1, 0.15) is 23.2 Å². The standard InChI is InChI=1S/C23H22FN7O3.C2H4O2/c1-33-17-10-16(11-18(12-17)34-13-24)19(9-14-3-5-15(6-4-14)20(25)26)21-29-23(32)31(30-21)22-27-7-2-8-28-22;1-2(3)4/h2-8,10-12,19H,9,13H2,1H3,(H3,25,26)(H,29,30,32);1H3,(H,3,4). The third-order valence-corrected chi connectivity index (χ3v) is 5.17. The van der Waals surface area contributed by atoms with Crippen LogP contribution < -0.4 is 20.9 Å². The lowest BCUT2D eigenvalue weighted by molar-refractivity contribution is -0.134. The van der Waals surface area contributed by atoms with Crippen LogP contribution in [0.25, 0.3) is 5.95 Å². The van der Waals surface area contributed by atoms with Gasteiger partial charge >= 0.3 is 5.69 Å². The summed E-state index contributed by atoms with van der Waals surface area (Å²) in [6.07, 6.45) is 3.45. The Morgan fingerprint density at radius 3 is 2.39 bits per heavy atom. The molecule has 1 unspecified atom stereocenters. The second kappa shape index (κ2) is 12.8. The number of carbonyl (C=O) groups is 1. The number of ether oxygens (including phenoxy) is 2. The molecule has 0 spiro atoms. The highest BCUT2D eigenvalue weighted by Gasteiger charge is 2.23. The van der Waals surface area contributed by atoms with Crippen LogP contribution in [0.5, 0.6) is 11.5 Å². The van der Waals surface area contributed by atoms with Gasteiger partial charge in [0, 0.05) is 36.9 Å². The predicted molar refractivity (Wildman–Crippen MR) is 136 cm³/mol. The lowest BCUT2D eigenvalue weighted by atomic mass is 9.90. The Kier molecular flexibility index (Phi) is 9.24. The number of aromatic amines is 1. The fraction of sp³-hybridized carbons (Fsp3) is 0.200. The number of hydrogen-bond donors (Lipinski definition) is 4. The van der Waals surface area contributed by atoms with Crippen molar-refractivity contribution in [2.75, 3.05) is 14.0 Å². The number of benzene rings is 2. The summed E-state index contributed by atoms with van der Waals surface area (Å²) in [5.74, 6) is -0.0973. The van der Waals surface area contributed by atoms with Crippen molar-refractivity contribution in [1.82, 2.24) is 24.7 Å². The number of methoxy groups -OCH3 is 1. The van der Waals surface area contributed by atoms with Crippen molar-refractivity contribution in [3.63, 3.8) is 0 Å². The molecule has 2 aromatic carbocycles. The summed E-state index contributed by atoms with van der Waals surface area (Å²) in [4.78, 5) is 32.6. The van der Waals surface area contributed by atoms with Gasteiger partial charge in [0.05, 0.1) is 7.11 Å². The zero-order chi connectivity index (χ0) is 27.7. The second-order valence-corrected chi connectivity index (χ2v) is 7.86. The molecule has 0 bridgehead atoms. The van der Waals surface area contributed by atoms with Gasteiger partial charge in [0.2, 0.25) is 6.86 Å². The Morgan fingerprint density at radius 2 is 1.82 bits per heavy atom. The van der Waals surface area contributed by atoms with Gasteiger partial charge < -0.3 is 20.3 Å². The van der Waals surface area contributed by atoms with E-state index in [1.54, 1.807) is 36.4 Å². The molecule has 4 aromatic rings. The van der Waals surface area contributed by atoms with Gasteiger partial charge in [-0.05, 0) is 35.7 Å². The van der Waals surface area contributed by atoms with Crippen LogP contribution in [-0.2, 0) is 11.2 Å². The van der Waals surface area contributed by atoms with E-state index in [9.17, 15) is 9.18 Å². The summed E-state index contributed by atoms with van der Waals surface area (Å²) in [5.41, 5.74) is 7.25. The largest absolute Gasteiger partial charge is 0.497 e. The molecule has 1 atom stereocenters. The molecule has 0 radical (unpaired) electrons. The smallest absolute Gasteiger partial charge is 0.350 e. The van der Waals surface area contributed by atoms with Crippen LogP contribution in [0.2, 0.25) is 0 Å². The Morgan fingerprint density at radius 1 is 1.18 bits per heavy atom. The summed E-state index contributed by atoms with van der Waals surface area (Å²) in [7, 11) is 1.50. The van der Waals surface area contributed by atoms with Crippen molar-refractivity contribution in [2.45, 2.75) is 19.3 Å². The maximum Gasteiger partial charge on any atom is 0.350 e. The van der Waals surface area contributed by atoms with Crippen LogP contribution in [0.4, 0.5) is 4.39 Å². The number of aromatic nitrogens is 5. The molecular formula is C25H26FN7O5. The van der Waals surface area contributed by atoms with Crippen LogP contribution >= 0.6 is 0 Å². The monoisotopic (exact) mass is 523 g/mol. The van der Waals surface area contributed by atoms with E-state index < -0.39 is 24.4 Å². The Balaban J connectivity index is 0.000000934. The van der Waals surface area contributed by atoms with Gasteiger partial charge in [-0.15, -0.1) is 9.78 Å². The van der Waals surface area contributed by atoms with E-state index >= 15 is 0 Å². The molecule has 5 N–H and O–H groups in total. The summed E-state index contributed by atoms with van der Waals surface area (Å²) in [5, 5.41) is 19.4. The number of nitrogens with zero attached hydrogens (tertiary/aromatic N) is 4. The fourth-order valence-corrected chi connectivity index (χ4v) is 3.52. The van der Waals surface area contributed by atoms with Gasteiger partial charge in [-0.1, -0.05) is 24.3 Å². The fourth-order valence-electron chi connectivity index (χ4n) is 3.52. The molecule has 0 aliphatic rings. The number of amidine groups is 1. The molecule has 0 aliphatic heterocycles. The average Bonchev–Trinajstić information content (AvgIpc) is 3.28. The van der Waals surface area contributed by atoms with Crippen LogP contribution in [0.1, 0.15) is 35.4 Å². The predicted octanol–water partition coefficient (Wildman–Crippen LogP) is 2.41. The maximum absolute atomic E-state index is 12.9. The molecule has 4 rings (SSSR count). The first-order chi connectivity index (χ1) is 18.2. The van der Waals surface area contributed by atoms with Crippen molar-refractivity contribution in [1.29, 1.82) is 5.41 Å². The highest BCUT2D eigenvalue weighted by molar-refractivity contribution is 5.94. The first-order valence-corrected chi connectivity index (χ1v) is 11.2. The molecule has 0 aliphatic carbocycles. The summed E-state index contributed by atoms with van der Waals surface area (Å²) >= 11 is 0. The molecule has 0 fully saturated rings. The number of H-pyrrole nitrogens is 1. The average molecular weight is 524 g/mol. The Labute approximate surface area is 216 Å². The van der Waals surface area contributed by atoms with Gasteiger partial charge in [0.15, 0.2) is 0 Å². The second-order valence-electron chi connectivity index (χ2n) is 7.86. The van der Waals surface area contributed by atoms with Crippen LogP contribution in [-0.4, -0.2) is 55.6 Å². The van der Waals surface area contributed by atoms with Crippen molar-refractivity contribution in [3.05, 3.63) is 93.9 Å². The first kappa shape index (κ1) is 27.5. The van der Waals surface area contributed by atoms with Gasteiger partial charge in [-0.3, -0.25) is 15.2 Å². The maximum atomic E-state index is 12.9. The van der Waals surface area contributed by atoms with E-state index in [0.717, 1.165) is 17.2 Å². The van der Waals surface area contributed by atoms with Gasteiger partial charge in [-0.25, -0.2) is 19.2 Å². The Hall–Kier alpha value is -5.07. The zero-order valence-electron chi connectivity index (χ0n) is 20.6. The van der Waals surface area contributed by atoms with Crippen LogP contribution in [0.15, 0.2) is 65.7 Å². The summed E-state index contributed by atoms with van der Waals surface area (Å²) in [6, 6.07) is 13.8. The molecule has 38 heavy (non-hydrogen) atoms. The number of rotatable bonds is 9. The first-order valence-electron chi connectivity index (χ1n) is 11.2. The van der Waals surface area contributed by atoms with E-state index in [1.807, 2.05) is 12.1 Å². The normalized spacial score (nSPS) is 11.1. The van der Waals surface area contributed by atoms with Crippen molar-refractivity contribution in [2.24, 2.45) is 5.73 Å². The minimum atomic E-state index is -0.999. The van der Waals surface area contributed by atoms with Crippen molar-refractivity contribution in [3.8, 4) is 17.4 Å². The number of alkyl halides is 1. The van der Waals surface area contributed by atoms with Crippen LogP contribution in [0.3, 0.4) is 0 Å². The van der Waals surface area contributed by atoms with E-state index in [-0.39, 0.29) is 17.5 Å². The molecule has 2 aromatic heterocycles. The minimum Gasteiger partial charge on any atom is -0.497 e. The number of carboxylic acids is 1. The van der Waals surface area contributed by atoms with E-state index in [1.165, 1.54) is 19.5 Å². The number of carboxylic acid groups (broad SMARTS) is 1. The quantitative estimate of drug-likeness (QED) is 0.189. The Bertz CT molecular complexity index is 1430. The molecule has 2 heterocycles. The lowest BCUT2D eigenvalue weighted by Gasteiger charge is -2.17. The summed E-state index contributed by atoms with van der Waals surface area (Å²) in [6.45, 7) is 0.0839. The SMILES string of the molecule is CC(=O)O.COc1cc(OCF)cc(C(Cc2ccc(C(=N)N)cc2)c2nn(-c3ncccn3)c(=O)[nH]2)c1. The number of aliphatic carboxylic acids is 1. The molecule has 0 saturated carbocycles. The highest BCUT2D eigenvalue weighted by Crippen LogP contribution is 2.32. The van der Waals surface area contributed by atoms with E-state index in [4.69, 9.17) is 30.5 Å². The summed E-state index contributed by atoms with van der Waals surface area (Å²) < 4.78 is 24.4.